The zero-order valence-electron chi connectivity index (χ0n) is 22.2. The van der Waals surface area contributed by atoms with Crippen LogP contribution in [0.3, 0.4) is 0 Å². The molecule has 1 atom stereocenters. The van der Waals surface area contributed by atoms with Crippen molar-refractivity contribution in [1.29, 1.82) is 0 Å². The van der Waals surface area contributed by atoms with Crippen LogP contribution in [0.5, 0.6) is 11.5 Å². The average molecular weight is 551 g/mol. The Morgan fingerprint density at radius 3 is 2.42 bits per heavy atom. The number of unbranched alkanes of at least 4 members (excludes halogenated alkanes) is 1. The van der Waals surface area contributed by atoms with Crippen molar-refractivity contribution in [3.05, 3.63) is 58.1 Å². The highest BCUT2D eigenvalue weighted by molar-refractivity contribution is 7.92. The molecule has 0 saturated heterocycles. The summed E-state index contributed by atoms with van der Waals surface area (Å²) in [6, 6.07) is 9.44. The molecule has 0 aliphatic rings. The third kappa shape index (κ3) is 8.07. The fraction of sp³-hybridized carbons (Fsp3) is 0.440. The van der Waals surface area contributed by atoms with Crippen molar-refractivity contribution in [2.75, 3.05) is 37.9 Å². The number of hydrogen-bond acceptors (Lipinski definition) is 8. The van der Waals surface area contributed by atoms with Crippen LogP contribution in [0.2, 0.25) is 0 Å². The number of non-ortho nitro benzene ring substituents is 1. The largest absolute Gasteiger partial charge is 0.497 e. The number of sulfonamides is 1. The second-order valence-corrected chi connectivity index (χ2v) is 10.5. The lowest BCUT2D eigenvalue weighted by molar-refractivity contribution is -0.384. The Bertz CT molecular complexity index is 1250. The van der Waals surface area contributed by atoms with E-state index in [0.717, 1.165) is 29.5 Å². The first-order valence-electron chi connectivity index (χ1n) is 11.9. The van der Waals surface area contributed by atoms with Crippen LogP contribution < -0.4 is 19.1 Å². The summed E-state index contributed by atoms with van der Waals surface area (Å²) in [6.07, 6.45) is 2.51. The molecule has 38 heavy (non-hydrogen) atoms. The molecular formula is C25H34N4O8S. The second kappa shape index (κ2) is 13.6. The van der Waals surface area contributed by atoms with Gasteiger partial charge in [-0.15, -0.1) is 0 Å². The number of anilines is 1. The molecular weight excluding hydrogens is 516 g/mol. The molecule has 0 aliphatic carbocycles. The van der Waals surface area contributed by atoms with E-state index in [9.17, 15) is 28.1 Å². The Morgan fingerprint density at radius 2 is 1.84 bits per heavy atom. The minimum Gasteiger partial charge on any atom is -0.497 e. The Balaban J connectivity index is 2.49. The van der Waals surface area contributed by atoms with Crippen molar-refractivity contribution in [3.8, 4) is 11.5 Å². The molecule has 208 valence electrons. The summed E-state index contributed by atoms with van der Waals surface area (Å²) in [6.45, 7) is 3.24. The van der Waals surface area contributed by atoms with Gasteiger partial charge in [-0.25, -0.2) is 8.42 Å². The van der Waals surface area contributed by atoms with Gasteiger partial charge in [0.2, 0.25) is 21.8 Å². The lowest BCUT2D eigenvalue weighted by atomic mass is 10.1. The third-order valence-corrected chi connectivity index (χ3v) is 6.93. The van der Waals surface area contributed by atoms with Crippen LogP contribution in [0.25, 0.3) is 0 Å². The molecule has 0 aliphatic heterocycles. The highest BCUT2D eigenvalue weighted by atomic mass is 32.2. The number of methoxy groups -OCH3 is 2. The van der Waals surface area contributed by atoms with Gasteiger partial charge >= 0.3 is 0 Å². The maximum Gasteiger partial charge on any atom is 0.271 e. The Labute approximate surface area is 222 Å². The lowest BCUT2D eigenvalue weighted by Crippen LogP contribution is -2.51. The Hall–Kier alpha value is -3.87. The summed E-state index contributed by atoms with van der Waals surface area (Å²) in [4.78, 5) is 38.5. The van der Waals surface area contributed by atoms with Gasteiger partial charge in [0.15, 0.2) is 0 Å². The van der Waals surface area contributed by atoms with Crippen LogP contribution in [0, 0.1) is 10.1 Å². The Morgan fingerprint density at radius 1 is 1.13 bits per heavy atom. The van der Waals surface area contributed by atoms with Gasteiger partial charge in [-0.3, -0.25) is 24.0 Å². The van der Waals surface area contributed by atoms with Crippen molar-refractivity contribution in [3.63, 3.8) is 0 Å². The maximum atomic E-state index is 13.7. The van der Waals surface area contributed by atoms with E-state index in [1.54, 1.807) is 31.2 Å². The molecule has 0 saturated carbocycles. The normalized spacial score (nSPS) is 11.8. The number of carbonyl (C=O) groups is 2. The van der Waals surface area contributed by atoms with Crippen molar-refractivity contribution in [2.45, 2.75) is 39.3 Å². The van der Waals surface area contributed by atoms with Crippen LogP contribution >= 0.6 is 0 Å². The topological polar surface area (TPSA) is 148 Å². The predicted octanol–water partition coefficient (Wildman–Crippen LogP) is 2.71. The summed E-state index contributed by atoms with van der Waals surface area (Å²) in [5.41, 5.74) is 0.113. The van der Waals surface area contributed by atoms with Crippen LogP contribution in [-0.4, -0.2) is 69.7 Å². The third-order valence-electron chi connectivity index (χ3n) is 5.81. The van der Waals surface area contributed by atoms with Gasteiger partial charge in [-0.2, -0.15) is 0 Å². The molecule has 2 aromatic rings. The van der Waals surface area contributed by atoms with Crippen LogP contribution in [0.4, 0.5) is 11.4 Å². The molecule has 2 rings (SSSR count). The van der Waals surface area contributed by atoms with Gasteiger partial charge in [0.1, 0.15) is 29.8 Å². The van der Waals surface area contributed by atoms with Crippen LogP contribution in [0.1, 0.15) is 32.3 Å². The van der Waals surface area contributed by atoms with E-state index in [0.29, 0.717) is 17.9 Å². The number of hydrogen-bond donors (Lipinski definition) is 1. The zero-order valence-corrected chi connectivity index (χ0v) is 23.0. The minimum absolute atomic E-state index is 0.0118. The lowest BCUT2D eigenvalue weighted by Gasteiger charge is -2.31. The smallest absolute Gasteiger partial charge is 0.271 e. The molecule has 2 amide bonds. The first-order chi connectivity index (χ1) is 17.9. The van der Waals surface area contributed by atoms with E-state index < -0.39 is 39.3 Å². The summed E-state index contributed by atoms with van der Waals surface area (Å²) in [7, 11) is -1.32. The first kappa shape index (κ1) is 30.4. The number of carbonyl (C=O) groups excluding carboxylic acids is 2. The number of benzene rings is 2. The van der Waals surface area contributed by atoms with E-state index >= 15 is 0 Å². The first-order valence-corrected chi connectivity index (χ1v) is 13.8. The number of nitrogens with one attached hydrogen (secondary N) is 1. The summed E-state index contributed by atoms with van der Waals surface area (Å²) in [5.74, 6) is -0.508. The molecule has 0 bridgehead atoms. The monoisotopic (exact) mass is 550 g/mol. The van der Waals surface area contributed by atoms with E-state index in [1.807, 2.05) is 6.92 Å². The molecule has 2 aromatic carbocycles. The number of ether oxygens (including phenoxy) is 2. The zero-order chi connectivity index (χ0) is 28.5. The number of nitro groups is 1. The summed E-state index contributed by atoms with van der Waals surface area (Å²) >= 11 is 0. The maximum absolute atomic E-state index is 13.7. The van der Waals surface area contributed by atoms with Gasteiger partial charge in [-0.1, -0.05) is 25.5 Å². The van der Waals surface area contributed by atoms with Gasteiger partial charge < -0.3 is 19.7 Å². The Kier molecular flexibility index (Phi) is 10.9. The standard InChI is InChI=1S/C25H34N4O8S/c1-6-7-13-26-25(31)18(2)27(16-19-9-8-10-21(14-19)36-3)24(30)17-28(38(5,34)35)22-15-20(29(32)33)11-12-23(22)37-4/h8-12,14-15,18H,6-7,13,16-17H2,1-5H3,(H,26,31). The predicted molar refractivity (Wildman–Crippen MR) is 143 cm³/mol. The molecule has 0 aromatic heterocycles. The van der Waals surface area contributed by atoms with Gasteiger partial charge in [0, 0.05) is 25.2 Å². The number of rotatable bonds is 14. The van der Waals surface area contributed by atoms with Crippen molar-refractivity contribution in [1.82, 2.24) is 10.2 Å². The second-order valence-electron chi connectivity index (χ2n) is 8.58. The van der Waals surface area contributed by atoms with E-state index in [-0.39, 0.29) is 23.7 Å². The highest BCUT2D eigenvalue weighted by Gasteiger charge is 2.32. The van der Waals surface area contributed by atoms with Gasteiger partial charge in [0.25, 0.3) is 5.69 Å². The molecule has 12 nitrogen and oxygen atoms in total. The number of amides is 2. The van der Waals surface area contributed by atoms with Crippen molar-refractivity contribution >= 4 is 33.2 Å². The van der Waals surface area contributed by atoms with E-state index in [4.69, 9.17) is 9.47 Å². The van der Waals surface area contributed by atoms with Gasteiger partial charge in [0.05, 0.1) is 25.4 Å². The van der Waals surface area contributed by atoms with Gasteiger partial charge in [-0.05, 0) is 37.1 Å². The SMILES string of the molecule is CCCCNC(=O)C(C)N(Cc1cccc(OC)c1)C(=O)CN(c1cc([N+](=O)[O-])ccc1OC)S(C)(=O)=O. The molecule has 0 spiro atoms. The van der Waals surface area contributed by atoms with Crippen LogP contribution in [0.15, 0.2) is 42.5 Å². The summed E-state index contributed by atoms with van der Waals surface area (Å²) in [5, 5.41) is 14.1. The number of nitro benzene ring substituents is 1. The minimum atomic E-state index is -4.11. The number of nitrogens with zero attached hydrogens (tertiary/aromatic N) is 3. The van der Waals surface area contributed by atoms with Crippen LogP contribution in [-0.2, 0) is 26.2 Å². The molecule has 0 heterocycles. The van der Waals surface area contributed by atoms with Crippen molar-refractivity contribution in [2.24, 2.45) is 0 Å². The molecule has 0 radical (unpaired) electrons. The molecule has 1 N–H and O–H groups in total. The highest BCUT2D eigenvalue weighted by Crippen LogP contribution is 2.34. The van der Waals surface area contributed by atoms with E-state index in [2.05, 4.69) is 5.32 Å². The quantitative estimate of drug-likeness (QED) is 0.214. The molecule has 1 unspecified atom stereocenters. The fourth-order valence-corrected chi connectivity index (χ4v) is 4.51. The molecule has 13 heteroatoms. The molecule has 0 fully saturated rings. The van der Waals surface area contributed by atoms with Crippen molar-refractivity contribution < 1.29 is 32.4 Å². The average Bonchev–Trinajstić information content (AvgIpc) is 2.88. The summed E-state index contributed by atoms with van der Waals surface area (Å²) < 4.78 is 36.8. The fourth-order valence-electron chi connectivity index (χ4n) is 3.67. The van der Waals surface area contributed by atoms with E-state index in [1.165, 1.54) is 31.3 Å².